The lowest BCUT2D eigenvalue weighted by Crippen LogP contribution is -2.35. The van der Waals surface area contributed by atoms with E-state index >= 15 is 0 Å². The topological polar surface area (TPSA) is 55.8 Å². The minimum absolute atomic E-state index is 0.134. The summed E-state index contributed by atoms with van der Waals surface area (Å²) in [6.45, 7) is 1.61. The molecule has 1 aliphatic heterocycles. The summed E-state index contributed by atoms with van der Waals surface area (Å²) in [5.41, 5.74) is 0.972. The summed E-state index contributed by atoms with van der Waals surface area (Å²) in [4.78, 5) is 10.7. The van der Waals surface area contributed by atoms with Crippen molar-refractivity contribution in [3.63, 3.8) is 0 Å². The van der Waals surface area contributed by atoms with Crippen molar-refractivity contribution in [1.29, 1.82) is 0 Å². The zero-order valence-electron chi connectivity index (χ0n) is 8.48. The van der Waals surface area contributed by atoms with Crippen molar-refractivity contribution in [2.75, 3.05) is 13.2 Å². The SMILES string of the molecule is O=C(O)c1ccc(COC2COC2)c(Cl)c1. The highest BCUT2D eigenvalue weighted by molar-refractivity contribution is 6.31. The van der Waals surface area contributed by atoms with Crippen LogP contribution in [0.25, 0.3) is 0 Å². The fourth-order valence-electron chi connectivity index (χ4n) is 1.32. The molecule has 0 aromatic heterocycles. The van der Waals surface area contributed by atoms with Crippen LogP contribution in [0.5, 0.6) is 0 Å². The number of carboxylic acids is 1. The van der Waals surface area contributed by atoms with Crippen LogP contribution in [-0.4, -0.2) is 30.4 Å². The van der Waals surface area contributed by atoms with Gasteiger partial charge in [0.1, 0.15) is 6.10 Å². The average Bonchev–Trinajstić information content (AvgIpc) is 2.17. The number of rotatable bonds is 4. The number of hydrogen-bond donors (Lipinski definition) is 1. The van der Waals surface area contributed by atoms with Crippen LogP contribution < -0.4 is 0 Å². The molecule has 1 aliphatic rings. The quantitative estimate of drug-likeness (QED) is 0.877. The molecule has 1 aromatic rings. The predicted octanol–water partition coefficient (Wildman–Crippen LogP) is 1.95. The Morgan fingerprint density at radius 1 is 1.56 bits per heavy atom. The summed E-state index contributed by atoms with van der Waals surface area (Å²) in [5.74, 6) is -0.984. The molecule has 1 saturated heterocycles. The number of benzene rings is 1. The van der Waals surface area contributed by atoms with E-state index in [1.807, 2.05) is 0 Å². The van der Waals surface area contributed by atoms with Crippen molar-refractivity contribution >= 4 is 17.6 Å². The summed E-state index contributed by atoms with van der Waals surface area (Å²) >= 11 is 5.94. The molecular weight excluding hydrogens is 232 g/mol. The molecular formula is C11H11ClO4. The molecule has 1 heterocycles. The van der Waals surface area contributed by atoms with Crippen molar-refractivity contribution in [3.8, 4) is 0 Å². The molecule has 0 amide bonds. The maximum absolute atomic E-state index is 10.7. The van der Waals surface area contributed by atoms with Gasteiger partial charge in [-0.25, -0.2) is 4.79 Å². The van der Waals surface area contributed by atoms with Crippen LogP contribution in [-0.2, 0) is 16.1 Å². The molecule has 1 fully saturated rings. The Hall–Kier alpha value is -1.10. The molecule has 0 unspecified atom stereocenters. The predicted molar refractivity (Wildman–Crippen MR) is 57.8 cm³/mol. The van der Waals surface area contributed by atoms with Crippen LogP contribution in [0, 0.1) is 0 Å². The largest absolute Gasteiger partial charge is 0.478 e. The third-order valence-corrected chi connectivity index (χ3v) is 2.73. The molecule has 2 rings (SSSR count). The van der Waals surface area contributed by atoms with Crippen LogP contribution in [0.2, 0.25) is 5.02 Å². The van der Waals surface area contributed by atoms with E-state index < -0.39 is 5.97 Å². The van der Waals surface area contributed by atoms with E-state index in [1.165, 1.54) is 12.1 Å². The Labute approximate surface area is 97.7 Å². The van der Waals surface area contributed by atoms with Crippen molar-refractivity contribution in [1.82, 2.24) is 0 Å². The van der Waals surface area contributed by atoms with Crippen molar-refractivity contribution in [3.05, 3.63) is 34.3 Å². The highest BCUT2D eigenvalue weighted by atomic mass is 35.5. The van der Waals surface area contributed by atoms with E-state index in [2.05, 4.69) is 0 Å². The second kappa shape index (κ2) is 4.82. The van der Waals surface area contributed by atoms with Crippen LogP contribution in [0.4, 0.5) is 0 Å². The smallest absolute Gasteiger partial charge is 0.335 e. The lowest BCUT2D eigenvalue weighted by Gasteiger charge is -2.26. The number of aromatic carboxylic acids is 1. The Bertz CT molecular complexity index is 401. The molecule has 0 saturated carbocycles. The minimum atomic E-state index is -0.984. The van der Waals surface area contributed by atoms with Crippen molar-refractivity contribution in [2.24, 2.45) is 0 Å². The lowest BCUT2D eigenvalue weighted by atomic mass is 10.1. The molecule has 1 N–H and O–H groups in total. The highest BCUT2D eigenvalue weighted by Gasteiger charge is 2.19. The summed E-state index contributed by atoms with van der Waals surface area (Å²) < 4.78 is 10.5. The highest BCUT2D eigenvalue weighted by Crippen LogP contribution is 2.20. The van der Waals surface area contributed by atoms with E-state index in [9.17, 15) is 4.79 Å². The monoisotopic (exact) mass is 242 g/mol. The maximum atomic E-state index is 10.7. The number of ether oxygens (including phenoxy) is 2. The van der Waals surface area contributed by atoms with E-state index in [1.54, 1.807) is 6.07 Å². The van der Waals surface area contributed by atoms with Gasteiger partial charge in [0, 0.05) is 5.02 Å². The standard InChI is InChI=1S/C11H11ClO4/c12-10-3-7(11(13)14)1-2-8(10)4-16-9-5-15-6-9/h1-3,9H,4-6H2,(H,13,14). The lowest BCUT2D eigenvalue weighted by molar-refractivity contribution is -0.135. The number of halogens is 1. The Morgan fingerprint density at radius 2 is 2.31 bits per heavy atom. The van der Waals surface area contributed by atoms with E-state index in [4.69, 9.17) is 26.2 Å². The zero-order chi connectivity index (χ0) is 11.5. The first-order valence-corrected chi connectivity index (χ1v) is 5.25. The van der Waals surface area contributed by atoms with Crippen molar-refractivity contribution in [2.45, 2.75) is 12.7 Å². The van der Waals surface area contributed by atoms with Crippen LogP contribution >= 0.6 is 11.6 Å². The molecule has 16 heavy (non-hydrogen) atoms. The number of carboxylic acid groups (broad SMARTS) is 1. The van der Waals surface area contributed by atoms with Crippen LogP contribution in [0.3, 0.4) is 0 Å². The number of hydrogen-bond acceptors (Lipinski definition) is 3. The Morgan fingerprint density at radius 3 is 2.81 bits per heavy atom. The molecule has 86 valence electrons. The van der Waals surface area contributed by atoms with Gasteiger partial charge in [-0.3, -0.25) is 0 Å². The Balaban J connectivity index is 2.00. The first-order valence-electron chi connectivity index (χ1n) is 4.88. The van der Waals surface area contributed by atoms with Crippen molar-refractivity contribution < 1.29 is 19.4 Å². The fourth-order valence-corrected chi connectivity index (χ4v) is 1.55. The third-order valence-electron chi connectivity index (χ3n) is 2.38. The summed E-state index contributed by atoms with van der Waals surface area (Å²) in [6.07, 6.45) is 0.134. The molecule has 0 atom stereocenters. The normalized spacial score (nSPS) is 15.8. The van der Waals surface area contributed by atoms with Gasteiger partial charge >= 0.3 is 5.97 Å². The summed E-state index contributed by atoms with van der Waals surface area (Å²) in [7, 11) is 0. The second-order valence-corrected chi connectivity index (χ2v) is 3.99. The van der Waals surface area contributed by atoms with E-state index in [-0.39, 0.29) is 11.7 Å². The van der Waals surface area contributed by atoms with Gasteiger partial charge in [-0.2, -0.15) is 0 Å². The molecule has 0 aliphatic carbocycles. The fraction of sp³-hybridized carbons (Fsp3) is 0.364. The molecule has 5 heteroatoms. The zero-order valence-corrected chi connectivity index (χ0v) is 9.24. The van der Waals surface area contributed by atoms with Gasteiger partial charge in [-0.05, 0) is 17.7 Å². The minimum Gasteiger partial charge on any atom is -0.478 e. The summed E-state index contributed by atoms with van der Waals surface area (Å²) in [6, 6.07) is 4.62. The molecule has 4 nitrogen and oxygen atoms in total. The number of carbonyl (C=O) groups is 1. The molecule has 0 spiro atoms. The molecule has 1 aromatic carbocycles. The first-order chi connectivity index (χ1) is 7.66. The van der Waals surface area contributed by atoms with E-state index in [0.717, 1.165) is 5.56 Å². The second-order valence-electron chi connectivity index (χ2n) is 3.58. The van der Waals surface area contributed by atoms with Gasteiger partial charge in [-0.1, -0.05) is 17.7 Å². The third kappa shape index (κ3) is 2.52. The molecule has 0 bridgehead atoms. The van der Waals surface area contributed by atoms with Gasteiger partial charge in [0.25, 0.3) is 0 Å². The molecule has 0 radical (unpaired) electrons. The summed E-state index contributed by atoms with van der Waals surface area (Å²) in [5, 5.41) is 9.18. The van der Waals surface area contributed by atoms with Gasteiger partial charge in [0.05, 0.1) is 25.4 Å². The van der Waals surface area contributed by atoms with Gasteiger partial charge in [0.15, 0.2) is 0 Å². The van der Waals surface area contributed by atoms with Gasteiger partial charge in [0.2, 0.25) is 0 Å². The Kier molecular flexibility index (Phi) is 3.43. The van der Waals surface area contributed by atoms with Crippen LogP contribution in [0.1, 0.15) is 15.9 Å². The van der Waals surface area contributed by atoms with Gasteiger partial charge in [-0.15, -0.1) is 0 Å². The van der Waals surface area contributed by atoms with Gasteiger partial charge < -0.3 is 14.6 Å². The average molecular weight is 243 g/mol. The van der Waals surface area contributed by atoms with E-state index in [0.29, 0.717) is 24.8 Å². The first kappa shape index (κ1) is 11.4. The van der Waals surface area contributed by atoms with Crippen LogP contribution in [0.15, 0.2) is 18.2 Å². The maximum Gasteiger partial charge on any atom is 0.335 e.